The third kappa shape index (κ3) is 6.82. The minimum absolute atomic E-state index is 0.407. The van der Waals surface area contributed by atoms with Gasteiger partial charge in [0, 0.05) is 35.0 Å². The van der Waals surface area contributed by atoms with E-state index in [1.54, 1.807) is 0 Å². The van der Waals surface area contributed by atoms with E-state index in [9.17, 15) is 29.7 Å². The smallest absolute Gasteiger partial charge is 0.303 e. The second-order valence-electron chi connectivity index (χ2n) is 7.74. The van der Waals surface area contributed by atoms with Crippen LogP contribution >= 0.6 is 0 Å². The number of carbonyl (C=O) groups is 3. The molecule has 0 saturated carbocycles. The molecule has 196 valence electrons. The maximum Gasteiger partial charge on any atom is 0.303 e. The van der Waals surface area contributed by atoms with Crippen molar-refractivity contribution in [2.24, 2.45) is 0 Å². The number of hydrogen-bond donors (Lipinski definition) is 3. The molecule has 2 rings (SSSR count). The monoisotopic (exact) mass is 496 g/mol. The summed E-state index contributed by atoms with van der Waals surface area (Å²) in [4.78, 5) is 35.2. The van der Waals surface area contributed by atoms with Gasteiger partial charge >= 0.3 is 17.9 Å². The number of ether oxygens (including phenoxy) is 8. The van der Waals surface area contributed by atoms with Crippen LogP contribution in [0.1, 0.15) is 20.8 Å². The standard InChI is InChI=1S/C20H32O14/c1-8(22)30-15-12(7-29-16-13(25)11(6-21)33-19(27-4)14(16)26)34-20(28-5)18(32-10(3)24)17(15)31-9(2)23/h11-21,25-26H,6-7H2,1-5H3/t11-,12-,13+,14-,15-,16+,17+,18-,19-,20-/m1/s1. The lowest BCUT2D eigenvalue weighted by Crippen LogP contribution is -2.64. The Balaban J connectivity index is 2.30. The molecule has 2 aliphatic heterocycles. The van der Waals surface area contributed by atoms with Gasteiger partial charge in [-0.05, 0) is 0 Å². The molecule has 0 aromatic carbocycles. The van der Waals surface area contributed by atoms with Gasteiger partial charge in [0.05, 0.1) is 13.2 Å². The molecule has 0 amide bonds. The molecule has 0 aromatic heterocycles. The fourth-order valence-electron chi connectivity index (χ4n) is 3.83. The van der Waals surface area contributed by atoms with Crippen LogP contribution in [0.4, 0.5) is 0 Å². The minimum atomic E-state index is -1.45. The van der Waals surface area contributed by atoms with E-state index in [1.165, 1.54) is 14.2 Å². The van der Waals surface area contributed by atoms with Crippen LogP contribution in [0.5, 0.6) is 0 Å². The minimum Gasteiger partial charge on any atom is -0.456 e. The molecule has 14 nitrogen and oxygen atoms in total. The van der Waals surface area contributed by atoms with Crippen LogP contribution in [-0.2, 0) is 52.3 Å². The van der Waals surface area contributed by atoms with Gasteiger partial charge < -0.3 is 53.2 Å². The summed E-state index contributed by atoms with van der Waals surface area (Å²) in [6.45, 7) is 2.38. The zero-order valence-corrected chi connectivity index (χ0v) is 19.5. The zero-order chi connectivity index (χ0) is 25.6. The van der Waals surface area contributed by atoms with Crippen molar-refractivity contribution >= 4 is 17.9 Å². The van der Waals surface area contributed by atoms with Gasteiger partial charge in [-0.1, -0.05) is 0 Å². The first-order valence-electron chi connectivity index (χ1n) is 10.5. The highest BCUT2D eigenvalue weighted by atomic mass is 16.7. The van der Waals surface area contributed by atoms with Gasteiger partial charge in [-0.2, -0.15) is 0 Å². The number of esters is 3. The van der Waals surface area contributed by atoms with Gasteiger partial charge in [0.25, 0.3) is 0 Å². The van der Waals surface area contributed by atoms with Gasteiger partial charge in [-0.15, -0.1) is 0 Å². The molecule has 0 radical (unpaired) electrons. The summed E-state index contributed by atoms with van der Waals surface area (Å²) in [6.07, 6.45) is -12.8. The molecule has 2 aliphatic rings. The van der Waals surface area contributed by atoms with Crippen molar-refractivity contribution in [1.82, 2.24) is 0 Å². The van der Waals surface area contributed by atoms with Gasteiger partial charge in [0.15, 0.2) is 30.9 Å². The van der Waals surface area contributed by atoms with Gasteiger partial charge in [-0.3, -0.25) is 14.4 Å². The van der Waals surface area contributed by atoms with Gasteiger partial charge in [0.2, 0.25) is 0 Å². The number of hydrogen-bond acceptors (Lipinski definition) is 14. The molecule has 2 heterocycles. The van der Waals surface area contributed by atoms with Crippen LogP contribution < -0.4 is 0 Å². The zero-order valence-electron chi connectivity index (χ0n) is 19.5. The van der Waals surface area contributed by atoms with E-state index in [0.717, 1.165) is 20.8 Å². The van der Waals surface area contributed by atoms with Crippen LogP contribution in [-0.4, -0.2) is 122 Å². The first kappa shape index (κ1) is 28.3. The molecule has 10 atom stereocenters. The summed E-state index contributed by atoms with van der Waals surface area (Å²) in [5, 5.41) is 30.4. The number of carbonyl (C=O) groups excluding carboxylic acids is 3. The molecule has 14 heteroatoms. The van der Waals surface area contributed by atoms with Crippen molar-refractivity contribution in [1.29, 1.82) is 0 Å². The first-order chi connectivity index (χ1) is 16.0. The second-order valence-corrected chi connectivity index (χ2v) is 7.74. The van der Waals surface area contributed by atoms with E-state index in [0.29, 0.717) is 0 Å². The van der Waals surface area contributed by atoms with Crippen molar-refractivity contribution in [2.75, 3.05) is 27.4 Å². The molecule has 2 fully saturated rings. The van der Waals surface area contributed by atoms with Gasteiger partial charge in [0.1, 0.15) is 30.5 Å². The summed E-state index contributed by atoms with van der Waals surface area (Å²) in [5.74, 6) is -2.22. The summed E-state index contributed by atoms with van der Waals surface area (Å²) in [7, 11) is 2.52. The van der Waals surface area contributed by atoms with Crippen LogP contribution in [0.2, 0.25) is 0 Å². The van der Waals surface area contributed by atoms with Crippen molar-refractivity contribution in [3.8, 4) is 0 Å². The van der Waals surface area contributed by atoms with Crippen LogP contribution in [0.3, 0.4) is 0 Å². The molecule has 3 N–H and O–H groups in total. The first-order valence-corrected chi connectivity index (χ1v) is 10.5. The topological polar surface area (TPSA) is 186 Å². The van der Waals surface area contributed by atoms with Gasteiger partial charge in [-0.25, -0.2) is 0 Å². The molecular weight excluding hydrogens is 464 g/mol. The summed E-state index contributed by atoms with van der Waals surface area (Å²) >= 11 is 0. The molecule has 0 bridgehead atoms. The van der Waals surface area contributed by atoms with E-state index in [4.69, 9.17) is 37.9 Å². The fourth-order valence-corrected chi connectivity index (χ4v) is 3.83. The molecule has 2 saturated heterocycles. The average Bonchev–Trinajstić information content (AvgIpc) is 2.76. The van der Waals surface area contributed by atoms with E-state index < -0.39 is 92.5 Å². The summed E-state index contributed by atoms with van der Waals surface area (Å²) < 4.78 is 42.8. The Hall–Kier alpha value is -1.91. The quantitative estimate of drug-likeness (QED) is 0.227. The third-order valence-corrected chi connectivity index (χ3v) is 5.24. The highest BCUT2D eigenvalue weighted by molar-refractivity contribution is 5.68. The molecule has 34 heavy (non-hydrogen) atoms. The molecule has 0 aromatic rings. The Bertz CT molecular complexity index is 685. The van der Waals surface area contributed by atoms with E-state index >= 15 is 0 Å². The van der Waals surface area contributed by atoms with E-state index in [1.807, 2.05) is 0 Å². The normalized spacial score (nSPS) is 38.1. The Labute approximate surface area is 195 Å². The lowest BCUT2D eigenvalue weighted by atomic mass is 9.97. The Morgan fingerprint density at radius 1 is 0.706 bits per heavy atom. The number of aliphatic hydroxyl groups excluding tert-OH is 3. The Kier molecular flexibility index (Phi) is 10.6. The predicted molar refractivity (Wildman–Crippen MR) is 107 cm³/mol. The van der Waals surface area contributed by atoms with Crippen LogP contribution in [0.25, 0.3) is 0 Å². The largest absolute Gasteiger partial charge is 0.456 e. The van der Waals surface area contributed by atoms with Crippen LogP contribution in [0, 0.1) is 0 Å². The lowest BCUT2D eigenvalue weighted by molar-refractivity contribution is -0.323. The van der Waals surface area contributed by atoms with Crippen molar-refractivity contribution in [3.63, 3.8) is 0 Å². The SMILES string of the molecule is CO[C@@H]1O[C@H](CO)[C@H](O)[C@H](OC[C@H]2O[C@@H](OC)[C@H](OC(C)=O)[C@@H](OC(C)=O)[C@@H]2OC(C)=O)[C@H]1O. The molecule has 0 aliphatic carbocycles. The third-order valence-electron chi connectivity index (χ3n) is 5.24. The second kappa shape index (κ2) is 12.7. The van der Waals surface area contributed by atoms with Crippen molar-refractivity contribution < 1.29 is 67.6 Å². The van der Waals surface area contributed by atoms with E-state index in [2.05, 4.69) is 0 Å². The van der Waals surface area contributed by atoms with Crippen LogP contribution in [0.15, 0.2) is 0 Å². The summed E-state index contributed by atoms with van der Waals surface area (Å²) in [5.41, 5.74) is 0. The molecule has 0 spiro atoms. The number of methoxy groups -OCH3 is 2. The highest BCUT2D eigenvalue weighted by Crippen LogP contribution is 2.31. The molecule has 0 unspecified atom stereocenters. The molecular formula is C20H32O14. The van der Waals surface area contributed by atoms with E-state index in [-0.39, 0.29) is 0 Å². The fraction of sp³-hybridized carbons (Fsp3) is 0.850. The highest BCUT2D eigenvalue weighted by Gasteiger charge is 2.53. The summed E-state index contributed by atoms with van der Waals surface area (Å²) in [6, 6.07) is 0. The predicted octanol–water partition coefficient (Wildman–Crippen LogP) is -2.38. The maximum atomic E-state index is 11.8. The lowest BCUT2D eigenvalue weighted by Gasteiger charge is -2.45. The number of rotatable bonds is 9. The van der Waals surface area contributed by atoms with Crippen molar-refractivity contribution in [3.05, 3.63) is 0 Å². The average molecular weight is 496 g/mol. The number of aliphatic hydroxyl groups is 3. The Morgan fingerprint density at radius 3 is 1.71 bits per heavy atom. The van der Waals surface area contributed by atoms with Crippen molar-refractivity contribution in [2.45, 2.75) is 82.2 Å². The maximum absolute atomic E-state index is 11.8. The Morgan fingerprint density at radius 2 is 1.21 bits per heavy atom.